The van der Waals surface area contributed by atoms with E-state index in [4.69, 9.17) is 5.11 Å². The van der Waals surface area contributed by atoms with Crippen LogP contribution in [0, 0.1) is 0 Å². The zero-order chi connectivity index (χ0) is 11.0. The summed E-state index contributed by atoms with van der Waals surface area (Å²) in [7, 11) is 1.75. The summed E-state index contributed by atoms with van der Waals surface area (Å²) in [5, 5.41) is 12.8. The zero-order valence-electron chi connectivity index (χ0n) is 8.49. The summed E-state index contributed by atoms with van der Waals surface area (Å²) < 4.78 is 1.63. The Morgan fingerprint density at radius 2 is 2.27 bits per heavy atom. The molecule has 0 fully saturated rings. The van der Waals surface area contributed by atoms with E-state index in [1.807, 2.05) is 0 Å². The third-order valence-electron chi connectivity index (χ3n) is 2.65. The molecule has 0 saturated heterocycles. The molecule has 0 saturated carbocycles. The minimum Gasteiger partial charge on any atom is -0.481 e. The van der Waals surface area contributed by atoms with Gasteiger partial charge in [-0.25, -0.2) is 0 Å². The Bertz CT molecular complexity index is 434. The second-order valence-electron chi connectivity index (χ2n) is 3.74. The first-order valence-corrected chi connectivity index (χ1v) is 4.89. The van der Waals surface area contributed by atoms with Crippen LogP contribution >= 0.6 is 0 Å². The summed E-state index contributed by atoms with van der Waals surface area (Å²) in [6.07, 6.45) is 1.97. The third-order valence-corrected chi connectivity index (χ3v) is 2.65. The first-order valence-electron chi connectivity index (χ1n) is 4.89. The molecule has 0 bridgehead atoms. The largest absolute Gasteiger partial charge is 0.481 e. The molecule has 0 amide bonds. The molecule has 0 spiro atoms. The van der Waals surface area contributed by atoms with Gasteiger partial charge in [0.15, 0.2) is 5.78 Å². The normalized spacial score (nSPS) is 15.1. The maximum atomic E-state index is 11.7. The van der Waals surface area contributed by atoms with E-state index in [-0.39, 0.29) is 12.2 Å². The van der Waals surface area contributed by atoms with Crippen LogP contribution in [0.15, 0.2) is 0 Å². The smallest absolute Gasteiger partial charge is 0.309 e. The van der Waals surface area contributed by atoms with Gasteiger partial charge < -0.3 is 5.11 Å². The number of aromatic nitrogens is 2. The van der Waals surface area contributed by atoms with Crippen molar-refractivity contribution in [3.8, 4) is 0 Å². The van der Waals surface area contributed by atoms with Crippen molar-refractivity contribution in [1.82, 2.24) is 9.78 Å². The van der Waals surface area contributed by atoms with Crippen molar-refractivity contribution in [3.63, 3.8) is 0 Å². The number of hydrogen-bond acceptors (Lipinski definition) is 3. The van der Waals surface area contributed by atoms with Crippen molar-refractivity contribution in [2.75, 3.05) is 0 Å². The number of carboxylic acid groups (broad SMARTS) is 1. The van der Waals surface area contributed by atoms with E-state index in [1.165, 1.54) is 0 Å². The fourth-order valence-electron chi connectivity index (χ4n) is 2.04. The number of carbonyl (C=O) groups is 2. The van der Waals surface area contributed by atoms with Gasteiger partial charge in [-0.3, -0.25) is 14.3 Å². The second-order valence-corrected chi connectivity index (χ2v) is 3.74. The molecule has 1 aromatic heterocycles. The SMILES string of the molecule is Cn1nc(CC(=O)O)c2c1CCCC2=O. The second kappa shape index (κ2) is 3.49. The third kappa shape index (κ3) is 1.65. The molecule has 0 radical (unpaired) electrons. The lowest BCUT2D eigenvalue weighted by atomic mass is 9.93. The number of carboxylic acids is 1. The molecule has 0 aromatic carbocycles. The van der Waals surface area contributed by atoms with Crippen LogP contribution in [-0.2, 0) is 24.7 Å². The Hall–Kier alpha value is -1.65. The number of carbonyl (C=O) groups excluding carboxylic acids is 1. The van der Waals surface area contributed by atoms with Crippen LogP contribution in [0.25, 0.3) is 0 Å². The van der Waals surface area contributed by atoms with Gasteiger partial charge >= 0.3 is 5.97 Å². The van der Waals surface area contributed by atoms with Gasteiger partial charge in [-0.2, -0.15) is 5.10 Å². The fourth-order valence-corrected chi connectivity index (χ4v) is 2.04. The van der Waals surface area contributed by atoms with Crippen LogP contribution in [0.2, 0.25) is 0 Å². The van der Waals surface area contributed by atoms with Gasteiger partial charge in [-0.15, -0.1) is 0 Å². The number of aliphatic carboxylic acids is 1. The Kier molecular flexibility index (Phi) is 2.30. The number of fused-ring (bicyclic) bond motifs is 1. The van der Waals surface area contributed by atoms with E-state index in [2.05, 4.69) is 5.10 Å². The standard InChI is InChI=1S/C10H12N2O3/c1-12-7-3-2-4-8(13)10(7)6(11-12)5-9(14)15/h2-5H2,1H3,(H,14,15). The van der Waals surface area contributed by atoms with Crippen LogP contribution in [0.3, 0.4) is 0 Å². The van der Waals surface area contributed by atoms with Crippen molar-refractivity contribution in [3.05, 3.63) is 17.0 Å². The van der Waals surface area contributed by atoms with Gasteiger partial charge in [0.05, 0.1) is 17.7 Å². The maximum absolute atomic E-state index is 11.7. The molecule has 5 heteroatoms. The molecule has 0 atom stereocenters. The Morgan fingerprint density at radius 1 is 1.53 bits per heavy atom. The highest BCUT2D eigenvalue weighted by Crippen LogP contribution is 2.24. The van der Waals surface area contributed by atoms with Gasteiger partial charge in [-0.05, 0) is 12.8 Å². The minimum atomic E-state index is -0.950. The summed E-state index contributed by atoms with van der Waals surface area (Å²) >= 11 is 0. The molecular weight excluding hydrogens is 196 g/mol. The van der Waals surface area contributed by atoms with Gasteiger partial charge in [0.1, 0.15) is 0 Å². The van der Waals surface area contributed by atoms with E-state index in [9.17, 15) is 9.59 Å². The molecule has 1 aromatic rings. The van der Waals surface area contributed by atoms with Crippen LogP contribution in [-0.4, -0.2) is 26.6 Å². The molecule has 2 rings (SSSR count). The number of Topliss-reactive ketones (excluding diaryl/α,β-unsaturated/α-hetero) is 1. The van der Waals surface area contributed by atoms with Crippen LogP contribution in [0.4, 0.5) is 0 Å². The van der Waals surface area contributed by atoms with Crippen molar-refractivity contribution in [2.24, 2.45) is 7.05 Å². The number of nitrogens with zero attached hydrogens (tertiary/aromatic N) is 2. The Balaban J connectivity index is 2.48. The molecule has 0 aliphatic heterocycles. The zero-order valence-corrected chi connectivity index (χ0v) is 8.49. The molecule has 15 heavy (non-hydrogen) atoms. The predicted molar refractivity (Wildman–Crippen MR) is 51.8 cm³/mol. The highest BCUT2D eigenvalue weighted by atomic mass is 16.4. The van der Waals surface area contributed by atoms with E-state index in [0.717, 1.165) is 18.5 Å². The van der Waals surface area contributed by atoms with E-state index >= 15 is 0 Å². The minimum absolute atomic E-state index is 0.0283. The van der Waals surface area contributed by atoms with Gasteiger partial charge in [0, 0.05) is 19.2 Å². The van der Waals surface area contributed by atoms with Gasteiger partial charge in [0.2, 0.25) is 0 Å². The van der Waals surface area contributed by atoms with Crippen LogP contribution < -0.4 is 0 Å². The van der Waals surface area contributed by atoms with Crippen molar-refractivity contribution >= 4 is 11.8 Å². The fraction of sp³-hybridized carbons (Fsp3) is 0.500. The van der Waals surface area contributed by atoms with E-state index in [0.29, 0.717) is 17.7 Å². The lowest BCUT2D eigenvalue weighted by Gasteiger charge is -2.11. The first kappa shape index (κ1) is 9.89. The average Bonchev–Trinajstić information content (AvgIpc) is 2.44. The average molecular weight is 208 g/mol. The molecule has 0 unspecified atom stereocenters. The van der Waals surface area contributed by atoms with E-state index < -0.39 is 5.97 Å². The predicted octanol–water partition coefficient (Wildman–Crippen LogP) is 0.566. The summed E-state index contributed by atoms with van der Waals surface area (Å²) in [6, 6.07) is 0. The molecule has 1 N–H and O–H groups in total. The molecule has 1 aliphatic rings. The summed E-state index contributed by atoms with van der Waals surface area (Å²) in [5.41, 5.74) is 1.83. The molecular formula is C10H12N2O3. The highest BCUT2D eigenvalue weighted by molar-refractivity contribution is 5.99. The maximum Gasteiger partial charge on any atom is 0.309 e. The number of ketones is 1. The lowest BCUT2D eigenvalue weighted by Crippen LogP contribution is -2.14. The number of rotatable bonds is 2. The summed E-state index contributed by atoms with van der Waals surface area (Å²) in [5.74, 6) is -0.921. The topological polar surface area (TPSA) is 72.2 Å². The van der Waals surface area contributed by atoms with Crippen molar-refractivity contribution < 1.29 is 14.7 Å². The Morgan fingerprint density at radius 3 is 2.93 bits per heavy atom. The number of hydrogen-bond donors (Lipinski definition) is 1. The summed E-state index contributed by atoms with van der Waals surface area (Å²) in [4.78, 5) is 22.3. The quantitative estimate of drug-likeness (QED) is 0.771. The molecule has 80 valence electrons. The summed E-state index contributed by atoms with van der Waals surface area (Å²) in [6.45, 7) is 0. The molecule has 1 aliphatic carbocycles. The van der Waals surface area contributed by atoms with Crippen molar-refractivity contribution in [2.45, 2.75) is 25.7 Å². The first-order chi connectivity index (χ1) is 7.09. The monoisotopic (exact) mass is 208 g/mol. The van der Waals surface area contributed by atoms with Crippen molar-refractivity contribution in [1.29, 1.82) is 0 Å². The van der Waals surface area contributed by atoms with Crippen LogP contribution in [0.1, 0.15) is 34.6 Å². The molecule has 5 nitrogen and oxygen atoms in total. The highest BCUT2D eigenvalue weighted by Gasteiger charge is 2.26. The van der Waals surface area contributed by atoms with Gasteiger partial charge in [0.25, 0.3) is 0 Å². The lowest BCUT2D eigenvalue weighted by molar-refractivity contribution is -0.136. The van der Waals surface area contributed by atoms with Crippen LogP contribution in [0.5, 0.6) is 0 Å². The molecule has 1 heterocycles. The number of aryl methyl sites for hydroxylation is 1. The van der Waals surface area contributed by atoms with Gasteiger partial charge in [-0.1, -0.05) is 0 Å². The van der Waals surface area contributed by atoms with E-state index in [1.54, 1.807) is 11.7 Å². The Labute approximate surface area is 86.7 Å².